The molecule has 0 bridgehead atoms. The van der Waals surface area contributed by atoms with Crippen molar-refractivity contribution < 1.29 is 13.6 Å². The molecule has 2 aliphatic rings. The van der Waals surface area contributed by atoms with Crippen molar-refractivity contribution in [3.05, 3.63) is 35.4 Å². The van der Waals surface area contributed by atoms with Crippen molar-refractivity contribution in [3.63, 3.8) is 0 Å². The summed E-state index contributed by atoms with van der Waals surface area (Å²) in [7, 11) is 0. The van der Waals surface area contributed by atoms with Crippen molar-refractivity contribution in [1.29, 1.82) is 0 Å². The first kappa shape index (κ1) is 14.4. The lowest BCUT2D eigenvalue weighted by Crippen LogP contribution is -2.38. The molecule has 1 N–H and O–H groups in total. The van der Waals surface area contributed by atoms with E-state index in [1.165, 1.54) is 25.0 Å². The van der Waals surface area contributed by atoms with Crippen molar-refractivity contribution in [2.75, 3.05) is 0 Å². The highest BCUT2D eigenvalue weighted by atomic mass is 19.2. The molecule has 1 saturated carbocycles. The second-order valence-electron chi connectivity index (χ2n) is 6.24. The van der Waals surface area contributed by atoms with Crippen LogP contribution < -0.4 is 5.32 Å². The Morgan fingerprint density at radius 2 is 2.05 bits per heavy atom. The van der Waals surface area contributed by atoms with Gasteiger partial charge in [0, 0.05) is 6.04 Å². The van der Waals surface area contributed by atoms with E-state index in [0.29, 0.717) is 11.5 Å². The molecule has 0 aromatic heterocycles. The quantitative estimate of drug-likeness (QED) is 0.926. The predicted octanol–water partition coefficient (Wildman–Crippen LogP) is 2.97. The van der Waals surface area contributed by atoms with Crippen LogP contribution in [0.4, 0.5) is 8.78 Å². The van der Waals surface area contributed by atoms with E-state index in [0.717, 1.165) is 12.5 Å². The van der Waals surface area contributed by atoms with Gasteiger partial charge in [0.2, 0.25) is 5.91 Å². The average Bonchev–Trinajstić information content (AvgIpc) is 3.19. The average molecular weight is 294 g/mol. The van der Waals surface area contributed by atoms with E-state index < -0.39 is 11.6 Å². The summed E-state index contributed by atoms with van der Waals surface area (Å²) in [6, 6.07) is 3.63. The second kappa shape index (κ2) is 5.37. The number of hydrogen-bond donors (Lipinski definition) is 1. The molecule has 3 nitrogen and oxygen atoms in total. The molecule has 1 aliphatic carbocycles. The number of nitrogens with zero attached hydrogens (tertiary/aromatic N) is 1. The molecule has 2 fully saturated rings. The molecule has 1 heterocycles. The Morgan fingerprint density at radius 3 is 2.67 bits per heavy atom. The summed E-state index contributed by atoms with van der Waals surface area (Å²) < 4.78 is 26.6. The van der Waals surface area contributed by atoms with E-state index in [-0.39, 0.29) is 24.2 Å². The Balaban J connectivity index is 1.86. The summed E-state index contributed by atoms with van der Waals surface area (Å²) in [6.45, 7) is 3.84. The summed E-state index contributed by atoms with van der Waals surface area (Å²) in [4.78, 5) is 14.2. The molecule has 5 heteroatoms. The van der Waals surface area contributed by atoms with Gasteiger partial charge in [-0.05, 0) is 43.9 Å². The van der Waals surface area contributed by atoms with E-state index >= 15 is 0 Å². The number of rotatable bonds is 4. The monoisotopic (exact) mass is 294 g/mol. The number of amides is 1. The van der Waals surface area contributed by atoms with E-state index in [4.69, 9.17) is 0 Å². The SMILES string of the molecule is CC1NC(c2ccc(F)c(F)c2)N(C(C)CC2CC2)C1=O. The van der Waals surface area contributed by atoms with Gasteiger partial charge in [0.1, 0.15) is 6.17 Å². The molecule has 3 rings (SSSR count). The normalized spacial score (nSPS) is 27.2. The maximum atomic E-state index is 13.5. The van der Waals surface area contributed by atoms with Gasteiger partial charge in [-0.1, -0.05) is 18.9 Å². The predicted molar refractivity (Wildman–Crippen MR) is 75.3 cm³/mol. The van der Waals surface area contributed by atoms with Crippen LogP contribution in [0.1, 0.15) is 44.8 Å². The van der Waals surface area contributed by atoms with E-state index in [1.807, 2.05) is 6.92 Å². The van der Waals surface area contributed by atoms with Gasteiger partial charge in [0.25, 0.3) is 0 Å². The Morgan fingerprint density at radius 1 is 1.33 bits per heavy atom. The van der Waals surface area contributed by atoms with E-state index in [9.17, 15) is 13.6 Å². The van der Waals surface area contributed by atoms with E-state index in [2.05, 4.69) is 5.32 Å². The van der Waals surface area contributed by atoms with Crippen molar-refractivity contribution in [1.82, 2.24) is 10.2 Å². The largest absolute Gasteiger partial charge is 0.319 e. The number of nitrogens with one attached hydrogen (secondary N) is 1. The first-order valence-corrected chi connectivity index (χ1v) is 7.50. The van der Waals surface area contributed by atoms with Crippen LogP contribution in [0.3, 0.4) is 0 Å². The summed E-state index contributed by atoms with van der Waals surface area (Å²) in [6.07, 6.45) is 3.05. The zero-order valence-corrected chi connectivity index (χ0v) is 12.3. The standard InChI is InChI=1S/C16H20F2N2O/c1-9(7-11-3-4-11)20-15(19-10(2)16(20)21)12-5-6-13(17)14(18)8-12/h5-6,8-11,15,19H,3-4,7H2,1-2H3. The molecular weight excluding hydrogens is 274 g/mol. The molecule has 1 saturated heterocycles. The third-order valence-corrected chi connectivity index (χ3v) is 4.42. The lowest BCUT2D eigenvalue weighted by molar-refractivity contribution is -0.132. The molecule has 3 unspecified atom stereocenters. The zero-order valence-electron chi connectivity index (χ0n) is 12.3. The minimum Gasteiger partial charge on any atom is -0.319 e. The summed E-state index contributed by atoms with van der Waals surface area (Å²) in [5.74, 6) is -1.02. The van der Waals surface area contributed by atoms with Gasteiger partial charge in [-0.15, -0.1) is 0 Å². The molecule has 0 radical (unpaired) electrons. The summed E-state index contributed by atoms with van der Waals surface area (Å²) in [5.41, 5.74) is 0.592. The molecule has 1 aliphatic heterocycles. The number of hydrogen-bond acceptors (Lipinski definition) is 2. The molecule has 1 aromatic rings. The van der Waals surface area contributed by atoms with Gasteiger partial charge in [-0.2, -0.15) is 0 Å². The fraction of sp³-hybridized carbons (Fsp3) is 0.562. The zero-order chi connectivity index (χ0) is 15.1. The van der Waals surface area contributed by atoms with Gasteiger partial charge in [0.05, 0.1) is 6.04 Å². The lowest BCUT2D eigenvalue weighted by Gasteiger charge is -2.31. The summed E-state index contributed by atoms with van der Waals surface area (Å²) >= 11 is 0. The first-order valence-electron chi connectivity index (χ1n) is 7.50. The maximum absolute atomic E-state index is 13.5. The minimum absolute atomic E-state index is 0.0258. The van der Waals surface area contributed by atoms with Crippen LogP contribution in [-0.4, -0.2) is 22.9 Å². The lowest BCUT2D eigenvalue weighted by atomic mass is 10.1. The highest BCUT2D eigenvalue weighted by Crippen LogP contribution is 2.37. The van der Waals surface area contributed by atoms with Crippen molar-refractivity contribution in [2.45, 2.75) is 51.4 Å². The number of carbonyl (C=O) groups is 1. The number of carbonyl (C=O) groups excluding carboxylic acids is 1. The fourth-order valence-electron chi connectivity index (χ4n) is 3.10. The van der Waals surface area contributed by atoms with Crippen LogP contribution in [0.15, 0.2) is 18.2 Å². The second-order valence-corrected chi connectivity index (χ2v) is 6.24. The molecular formula is C16H20F2N2O. The Kier molecular flexibility index (Phi) is 3.69. The van der Waals surface area contributed by atoms with Crippen LogP contribution >= 0.6 is 0 Å². The first-order chi connectivity index (χ1) is 9.97. The minimum atomic E-state index is -0.879. The third kappa shape index (κ3) is 2.79. The molecule has 1 aromatic carbocycles. The Hall–Kier alpha value is -1.49. The van der Waals surface area contributed by atoms with Crippen molar-refractivity contribution >= 4 is 5.91 Å². The van der Waals surface area contributed by atoms with Crippen LogP contribution in [0.2, 0.25) is 0 Å². The Bertz CT molecular complexity index is 559. The smallest absolute Gasteiger partial charge is 0.241 e. The fourth-order valence-corrected chi connectivity index (χ4v) is 3.10. The topological polar surface area (TPSA) is 32.3 Å². The molecule has 3 atom stereocenters. The molecule has 114 valence electrons. The summed E-state index contributed by atoms with van der Waals surface area (Å²) in [5, 5.41) is 3.18. The maximum Gasteiger partial charge on any atom is 0.241 e. The van der Waals surface area contributed by atoms with Gasteiger partial charge >= 0.3 is 0 Å². The van der Waals surface area contributed by atoms with Gasteiger partial charge in [-0.3, -0.25) is 10.1 Å². The van der Waals surface area contributed by atoms with Crippen molar-refractivity contribution in [2.24, 2.45) is 5.92 Å². The molecule has 1 amide bonds. The van der Waals surface area contributed by atoms with Crippen molar-refractivity contribution in [3.8, 4) is 0 Å². The number of halogens is 2. The van der Waals surface area contributed by atoms with Gasteiger partial charge in [-0.25, -0.2) is 8.78 Å². The highest BCUT2D eigenvalue weighted by Gasteiger charge is 2.41. The van der Waals surface area contributed by atoms with Crippen LogP contribution in [-0.2, 0) is 4.79 Å². The van der Waals surface area contributed by atoms with Crippen LogP contribution in [0.5, 0.6) is 0 Å². The molecule has 0 spiro atoms. The van der Waals surface area contributed by atoms with Gasteiger partial charge in [0.15, 0.2) is 11.6 Å². The molecule has 21 heavy (non-hydrogen) atoms. The number of benzene rings is 1. The van der Waals surface area contributed by atoms with Crippen LogP contribution in [0.25, 0.3) is 0 Å². The van der Waals surface area contributed by atoms with Crippen LogP contribution in [0, 0.1) is 17.6 Å². The van der Waals surface area contributed by atoms with E-state index in [1.54, 1.807) is 11.8 Å². The highest BCUT2D eigenvalue weighted by molar-refractivity contribution is 5.84. The third-order valence-electron chi connectivity index (χ3n) is 4.42. The van der Waals surface area contributed by atoms with Gasteiger partial charge < -0.3 is 4.90 Å². The Labute approximate surface area is 123 Å².